The zero-order valence-electron chi connectivity index (χ0n) is 14.5. The summed E-state index contributed by atoms with van der Waals surface area (Å²) >= 11 is 0. The Morgan fingerprint density at radius 1 is 1.28 bits per heavy atom. The van der Waals surface area contributed by atoms with Crippen molar-refractivity contribution < 1.29 is 9.47 Å². The van der Waals surface area contributed by atoms with Crippen LogP contribution in [0.5, 0.6) is 11.5 Å². The van der Waals surface area contributed by atoms with E-state index in [1.807, 2.05) is 18.5 Å². The van der Waals surface area contributed by atoms with Gasteiger partial charge in [-0.1, -0.05) is 12.1 Å². The highest BCUT2D eigenvalue weighted by Crippen LogP contribution is 2.25. The summed E-state index contributed by atoms with van der Waals surface area (Å²) in [4.78, 5) is 4.21. The Labute approximate surface area is 148 Å². The quantitative estimate of drug-likeness (QED) is 0.847. The van der Waals surface area contributed by atoms with Gasteiger partial charge in [-0.25, -0.2) is 0 Å². The number of pyridine rings is 1. The lowest BCUT2D eigenvalue weighted by Gasteiger charge is -2.18. The lowest BCUT2D eigenvalue weighted by atomic mass is 10.0. The van der Waals surface area contributed by atoms with Crippen LogP contribution in [-0.4, -0.2) is 30.8 Å². The Bertz CT molecular complexity index is 714. The SMILES string of the molecule is c1cc(CNCc2ccc3c(c2)CCCO3)c(O[C@H]2CCNC2)cn1. The topological polar surface area (TPSA) is 55.4 Å². The van der Waals surface area contributed by atoms with Gasteiger partial charge in [0.2, 0.25) is 0 Å². The van der Waals surface area contributed by atoms with Crippen LogP contribution in [-0.2, 0) is 19.5 Å². The second kappa shape index (κ2) is 7.85. The first kappa shape index (κ1) is 16.4. The second-order valence-corrected chi connectivity index (χ2v) is 6.71. The van der Waals surface area contributed by atoms with Gasteiger partial charge in [0.1, 0.15) is 17.6 Å². The molecule has 1 saturated heterocycles. The molecule has 0 spiro atoms. The van der Waals surface area contributed by atoms with Crippen molar-refractivity contribution >= 4 is 0 Å². The maximum absolute atomic E-state index is 6.10. The number of rotatable bonds is 6. The average molecular weight is 339 g/mol. The van der Waals surface area contributed by atoms with Crippen LogP contribution in [0.15, 0.2) is 36.7 Å². The van der Waals surface area contributed by atoms with E-state index < -0.39 is 0 Å². The van der Waals surface area contributed by atoms with E-state index in [-0.39, 0.29) is 6.10 Å². The first-order chi connectivity index (χ1) is 12.4. The fourth-order valence-corrected chi connectivity index (χ4v) is 3.43. The molecular formula is C20H25N3O2. The third-order valence-electron chi connectivity index (χ3n) is 4.80. The van der Waals surface area contributed by atoms with Gasteiger partial charge in [0.15, 0.2) is 0 Å². The Morgan fingerprint density at radius 2 is 2.28 bits per heavy atom. The maximum atomic E-state index is 6.10. The van der Waals surface area contributed by atoms with Gasteiger partial charge in [-0.15, -0.1) is 0 Å². The molecule has 2 aliphatic rings. The second-order valence-electron chi connectivity index (χ2n) is 6.71. The highest BCUT2D eigenvalue weighted by molar-refractivity contribution is 5.38. The average Bonchev–Trinajstić information content (AvgIpc) is 3.16. The van der Waals surface area contributed by atoms with Gasteiger partial charge in [-0.3, -0.25) is 4.98 Å². The molecule has 0 bridgehead atoms. The lowest BCUT2D eigenvalue weighted by molar-refractivity contribution is 0.219. The van der Waals surface area contributed by atoms with Gasteiger partial charge in [0, 0.05) is 31.4 Å². The van der Waals surface area contributed by atoms with Crippen LogP contribution in [0.1, 0.15) is 29.5 Å². The summed E-state index contributed by atoms with van der Waals surface area (Å²) in [6.07, 6.45) is 7.18. The van der Waals surface area contributed by atoms with Gasteiger partial charge in [0.05, 0.1) is 12.8 Å². The van der Waals surface area contributed by atoms with Crippen LogP contribution in [0.4, 0.5) is 0 Å². The van der Waals surface area contributed by atoms with E-state index in [2.05, 4.69) is 33.8 Å². The van der Waals surface area contributed by atoms with Crippen molar-refractivity contribution in [2.75, 3.05) is 19.7 Å². The standard InChI is InChI=1S/C20H25N3O2/c1-2-16-10-15(3-4-19(16)24-9-1)11-23-12-17-5-7-22-14-20(17)25-18-6-8-21-13-18/h3-5,7,10,14,18,21,23H,1-2,6,8-9,11-13H2/t18-/m0/s1. The molecule has 1 aromatic heterocycles. The molecule has 0 aliphatic carbocycles. The van der Waals surface area contributed by atoms with E-state index >= 15 is 0 Å². The van der Waals surface area contributed by atoms with Crippen LogP contribution in [0, 0.1) is 0 Å². The molecule has 1 atom stereocenters. The summed E-state index contributed by atoms with van der Waals surface area (Å²) in [7, 11) is 0. The number of nitrogens with one attached hydrogen (secondary N) is 2. The smallest absolute Gasteiger partial charge is 0.142 e. The highest BCUT2D eigenvalue weighted by Gasteiger charge is 2.17. The highest BCUT2D eigenvalue weighted by atomic mass is 16.5. The Balaban J connectivity index is 1.35. The molecule has 4 rings (SSSR count). The van der Waals surface area contributed by atoms with Crippen LogP contribution in [0.25, 0.3) is 0 Å². The van der Waals surface area contributed by atoms with Crippen LogP contribution >= 0.6 is 0 Å². The molecule has 5 nitrogen and oxygen atoms in total. The normalized spacial score (nSPS) is 19.3. The number of aromatic nitrogens is 1. The van der Waals surface area contributed by atoms with Crippen molar-refractivity contribution in [3.63, 3.8) is 0 Å². The van der Waals surface area contributed by atoms with Gasteiger partial charge >= 0.3 is 0 Å². The number of ether oxygens (including phenoxy) is 2. The third kappa shape index (κ3) is 4.11. The molecule has 1 fully saturated rings. The molecule has 25 heavy (non-hydrogen) atoms. The Hall–Kier alpha value is -2.11. The first-order valence-corrected chi connectivity index (χ1v) is 9.14. The van der Waals surface area contributed by atoms with Gasteiger partial charge in [-0.2, -0.15) is 0 Å². The first-order valence-electron chi connectivity index (χ1n) is 9.14. The fraction of sp³-hybridized carbons (Fsp3) is 0.450. The zero-order chi connectivity index (χ0) is 16.9. The number of benzene rings is 1. The van der Waals surface area contributed by atoms with Crippen molar-refractivity contribution in [3.05, 3.63) is 53.3 Å². The molecular weight excluding hydrogens is 314 g/mol. The summed E-state index contributed by atoms with van der Waals surface area (Å²) in [6.45, 7) is 4.39. The number of fused-ring (bicyclic) bond motifs is 1. The number of aryl methyl sites for hydroxylation is 1. The fourth-order valence-electron chi connectivity index (χ4n) is 3.43. The minimum absolute atomic E-state index is 0.253. The van der Waals surface area contributed by atoms with Crippen molar-refractivity contribution in [1.82, 2.24) is 15.6 Å². The number of nitrogens with zero attached hydrogens (tertiary/aromatic N) is 1. The maximum Gasteiger partial charge on any atom is 0.142 e. The molecule has 0 saturated carbocycles. The summed E-state index contributed by atoms with van der Waals surface area (Å²) in [5, 5.41) is 6.86. The van der Waals surface area contributed by atoms with E-state index in [0.29, 0.717) is 0 Å². The van der Waals surface area contributed by atoms with Crippen LogP contribution in [0.2, 0.25) is 0 Å². The molecule has 0 unspecified atom stereocenters. The van der Waals surface area contributed by atoms with Crippen molar-refractivity contribution in [2.24, 2.45) is 0 Å². The Kier molecular flexibility index (Phi) is 5.14. The summed E-state index contributed by atoms with van der Waals surface area (Å²) in [5.74, 6) is 1.94. The summed E-state index contributed by atoms with van der Waals surface area (Å²) in [6, 6.07) is 8.53. The summed E-state index contributed by atoms with van der Waals surface area (Å²) in [5.41, 5.74) is 3.77. The minimum atomic E-state index is 0.253. The molecule has 0 radical (unpaired) electrons. The molecule has 2 N–H and O–H groups in total. The predicted molar refractivity (Wildman–Crippen MR) is 96.9 cm³/mol. The lowest BCUT2D eigenvalue weighted by Crippen LogP contribution is -2.21. The van der Waals surface area contributed by atoms with E-state index in [4.69, 9.17) is 9.47 Å². The van der Waals surface area contributed by atoms with E-state index in [1.54, 1.807) is 0 Å². The largest absolute Gasteiger partial charge is 0.493 e. The minimum Gasteiger partial charge on any atom is -0.493 e. The van der Waals surface area contributed by atoms with Crippen LogP contribution in [0.3, 0.4) is 0 Å². The zero-order valence-corrected chi connectivity index (χ0v) is 14.5. The Morgan fingerprint density at radius 3 is 3.20 bits per heavy atom. The van der Waals surface area contributed by atoms with E-state index in [0.717, 1.165) is 69.1 Å². The predicted octanol–water partition coefficient (Wildman–Crippen LogP) is 2.44. The third-order valence-corrected chi connectivity index (χ3v) is 4.80. The number of hydrogen-bond donors (Lipinski definition) is 2. The monoisotopic (exact) mass is 339 g/mol. The molecule has 2 aromatic rings. The molecule has 2 aliphatic heterocycles. The van der Waals surface area contributed by atoms with E-state index in [9.17, 15) is 0 Å². The molecule has 132 valence electrons. The van der Waals surface area contributed by atoms with Gasteiger partial charge in [0.25, 0.3) is 0 Å². The number of hydrogen-bond acceptors (Lipinski definition) is 5. The summed E-state index contributed by atoms with van der Waals surface area (Å²) < 4.78 is 11.8. The molecule has 1 aromatic carbocycles. The van der Waals surface area contributed by atoms with Crippen LogP contribution < -0.4 is 20.1 Å². The molecule has 3 heterocycles. The van der Waals surface area contributed by atoms with Crippen molar-refractivity contribution in [1.29, 1.82) is 0 Å². The van der Waals surface area contributed by atoms with Crippen molar-refractivity contribution in [3.8, 4) is 11.5 Å². The van der Waals surface area contributed by atoms with Gasteiger partial charge in [-0.05, 0) is 49.1 Å². The van der Waals surface area contributed by atoms with Crippen molar-refractivity contribution in [2.45, 2.75) is 38.5 Å². The van der Waals surface area contributed by atoms with Gasteiger partial charge < -0.3 is 20.1 Å². The molecule has 5 heteroatoms. The molecule has 0 amide bonds. The van der Waals surface area contributed by atoms with E-state index in [1.165, 1.54) is 11.1 Å².